The van der Waals surface area contributed by atoms with Crippen LogP contribution in [0.5, 0.6) is 0 Å². The van der Waals surface area contributed by atoms with Crippen LogP contribution >= 0.6 is 34.5 Å². The molecule has 1 aromatic heterocycles. The number of nitrogens with zero attached hydrogens (tertiary/aromatic N) is 1. The zero-order valence-electron chi connectivity index (χ0n) is 11.1. The zero-order chi connectivity index (χ0) is 14.5. The lowest BCUT2D eigenvalue weighted by atomic mass is 10.1. The number of halogens is 2. The van der Waals surface area contributed by atoms with E-state index in [1.165, 1.54) is 11.3 Å². The van der Waals surface area contributed by atoms with Crippen molar-refractivity contribution in [2.75, 3.05) is 26.2 Å². The van der Waals surface area contributed by atoms with Gasteiger partial charge in [0, 0.05) is 19.6 Å². The second kappa shape index (κ2) is 7.61. The normalized spacial score (nSPS) is 17.4. The van der Waals surface area contributed by atoms with Crippen LogP contribution in [0.1, 0.15) is 29.6 Å². The maximum absolute atomic E-state index is 11.9. The first-order chi connectivity index (χ1) is 9.56. The van der Waals surface area contributed by atoms with Gasteiger partial charge in [0.1, 0.15) is 4.34 Å². The number of thiophene rings is 1. The lowest BCUT2D eigenvalue weighted by molar-refractivity contribution is 0.0816. The van der Waals surface area contributed by atoms with Gasteiger partial charge in [0.05, 0.1) is 16.0 Å². The molecule has 0 spiro atoms. The Balaban J connectivity index is 1.66. The number of hydrogen-bond acceptors (Lipinski definition) is 4. The van der Waals surface area contributed by atoms with E-state index in [2.05, 4.69) is 10.2 Å². The molecule has 0 aromatic carbocycles. The second-order valence-electron chi connectivity index (χ2n) is 4.92. The molecule has 112 valence electrons. The van der Waals surface area contributed by atoms with Crippen LogP contribution in [0.2, 0.25) is 8.67 Å². The Bertz CT molecular complexity index is 459. The van der Waals surface area contributed by atoms with Crippen LogP contribution < -0.4 is 5.32 Å². The third kappa shape index (κ3) is 4.60. The van der Waals surface area contributed by atoms with Crippen molar-refractivity contribution < 1.29 is 9.90 Å². The molecular formula is C13H18Cl2N2O2S. The van der Waals surface area contributed by atoms with Crippen molar-refractivity contribution in [2.45, 2.75) is 25.4 Å². The summed E-state index contributed by atoms with van der Waals surface area (Å²) in [5, 5.41) is 12.3. The Morgan fingerprint density at radius 1 is 1.45 bits per heavy atom. The molecule has 1 aromatic rings. The predicted octanol–water partition coefficient (Wildman–Crippen LogP) is 2.63. The van der Waals surface area contributed by atoms with Gasteiger partial charge in [-0.15, -0.1) is 11.3 Å². The molecule has 2 heterocycles. The number of nitrogens with one attached hydrogen (secondary N) is 1. The minimum Gasteiger partial charge on any atom is -0.393 e. The van der Waals surface area contributed by atoms with E-state index in [0.717, 1.165) is 38.9 Å². The summed E-state index contributed by atoms with van der Waals surface area (Å²) < 4.78 is 0.949. The Morgan fingerprint density at radius 2 is 2.15 bits per heavy atom. The fourth-order valence-electron chi connectivity index (χ4n) is 2.24. The summed E-state index contributed by atoms with van der Waals surface area (Å²) in [4.78, 5) is 14.2. The fourth-order valence-corrected chi connectivity index (χ4v) is 3.70. The molecule has 1 aliphatic rings. The highest BCUT2D eigenvalue weighted by Crippen LogP contribution is 2.30. The molecule has 1 aliphatic heterocycles. The number of aliphatic hydroxyl groups is 1. The molecule has 0 radical (unpaired) electrons. The minimum absolute atomic E-state index is 0.142. The van der Waals surface area contributed by atoms with Crippen molar-refractivity contribution in [1.29, 1.82) is 0 Å². The topological polar surface area (TPSA) is 52.6 Å². The van der Waals surface area contributed by atoms with Crippen LogP contribution in [-0.2, 0) is 0 Å². The van der Waals surface area contributed by atoms with Crippen LogP contribution in [0.15, 0.2) is 6.07 Å². The number of amides is 1. The van der Waals surface area contributed by atoms with Gasteiger partial charge >= 0.3 is 0 Å². The quantitative estimate of drug-likeness (QED) is 0.812. The summed E-state index contributed by atoms with van der Waals surface area (Å²) in [7, 11) is 0. The highest BCUT2D eigenvalue weighted by Gasteiger charge is 2.17. The van der Waals surface area contributed by atoms with E-state index in [0.29, 0.717) is 20.8 Å². The summed E-state index contributed by atoms with van der Waals surface area (Å²) in [6.45, 7) is 3.41. The first-order valence-corrected chi connectivity index (χ1v) is 8.27. The van der Waals surface area contributed by atoms with E-state index >= 15 is 0 Å². The van der Waals surface area contributed by atoms with Crippen molar-refractivity contribution in [3.63, 3.8) is 0 Å². The first kappa shape index (κ1) is 16.0. The van der Waals surface area contributed by atoms with Gasteiger partial charge < -0.3 is 15.3 Å². The number of piperidine rings is 1. The molecule has 7 heteroatoms. The summed E-state index contributed by atoms with van der Waals surface area (Å²) in [6.07, 6.45) is 2.43. The number of rotatable bonds is 5. The largest absolute Gasteiger partial charge is 0.393 e. The molecule has 0 atom stereocenters. The third-order valence-corrected chi connectivity index (χ3v) is 4.88. The number of carbonyl (C=O) groups excluding carboxylic acids is 1. The van der Waals surface area contributed by atoms with E-state index in [-0.39, 0.29) is 12.0 Å². The van der Waals surface area contributed by atoms with Crippen LogP contribution in [-0.4, -0.2) is 48.2 Å². The van der Waals surface area contributed by atoms with Gasteiger partial charge in [-0.05, 0) is 31.9 Å². The van der Waals surface area contributed by atoms with Crippen molar-refractivity contribution in [1.82, 2.24) is 10.2 Å². The van der Waals surface area contributed by atoms with Crippen molar-refractivity contribution >= 4 is 40.4 Å². The van der Waals surface area contributed by atoms with Crippen molar-refractivity contribution in [3.05, 3.63) is 20.3 Å². The molecule has 4 nitrogen and oxygen atoms in total. The standard InChI is InChI=1S/C13H18Cl2N2O2S/c14-11-8-10(12(15)20-11)13(19)16-4-1-5-17-6-2-9(18)3-7-17/h8-9,18H,1-7H2,(H,16,19). The van der Waals surface area contributed by atoms with E-state index in [9.17, 15) is 9.90 Å². The molecule has 1 amide bonds. The van der Waals surface area contributed by atoms with Crippen LogP contribution in [0.25, 0.3) is 0 Å². The second-order valence-corrected chi connectivity index (χ2v) is 7.21. The summed E-state index contributed by atoms with van der Waals surface area (Å²) in [5.41, 5.74) is 0.447. The summed E-state index contributed by atoms with van der Waals surface area (Å²) in [5.74, 6) is -0.174. The van der Waals surface area contributed by atoms with Gasteiger partial charge in [0.2, 0.25) is 0 Å². The van der Waals surface area contributed by atoms with Crippen LogP contribution in [0.3, 0.4) is 0 Å². The highest BCUT2D eigenvalue weighted by atomic mass is 35.5. The number of likely N-dealkylation sites (tertiary alicyclic amines) is 1. The Labute approximate surface area is 132 Å². The van der Waals surface area contributed by atoms with Gasteiger partial charge in [-0.25, -0.2) is 0 Å². The molecular weight excluding hydrogens is 319 g/mol. The third-order valence-electron chi connectivity index (χ3n) is 3.40. The monoisotopic (exact) mass is 336 g/mol. The number of hydrogen-bond donors (Lipinski definition) is 2. The fraction of sp³-hybridized carbons (Fsp3) is 0.615. The van der Waals surface area contributed by atoms with E-state index < -0.39 is 0 Å². The molecule has 1 saturated heterocycles. The maximum atomic E-state index is 11.9. The SMILES string of the molecule is O=C(NCCCN1CCC(O)CC1)c1cc(Cl)sc1Cl. The van der Waals surface area contributed by atoms with Gasteiger partial charge in [-0.1, -0.05) is 23.2 Å². The zero-order valence-corrected chi connectivity index (χ0v) is 13.4. The van der Waals surface area contributed by atoms with Gasteiger partial charge in [0.25, 0.3) is 5.91 Å². The summed E-state index contributed by atoms with van der Waals surface area (Å²) in [6, 6.07) is 1.59. The lowest BCUT2D eigenvalue weighted by Crippen LogP contribution is -2.37. The maximum Gasteiger partial charge on any atom is 0.253 e. The Morgan fingerprint density at radius 3 is 2.75 bits per heavy atom. The number of aliphatic hydroxyl groups excluding tert-OH is 1. The predicted molar refractivity (Wildman–Crippen MR) is 83.0 cm³/mol. The molecule has 0 saturated carbocycles. The summed E-state index contributed by atoms with van der Waals surface area (Å²) >= 11 is 12.9. The smallest absolute Gasteiger partial charge is 0.253 e. The van der Waals surface area contributed by atoms with E-state index in [1.807, 2.05) is 0 Å². The molecule has 1 fully saturated rings. The average molecular weight is 337 g/mol. The molecule has 0 aliphatic carbocycles. The van der Waals surface area contributed by atoms with Crippen molar-refractivity contribution in [3.8, 4) is 0 Å². The van der Waals surface area contributed by atoms with Crippen LogP contribution in [0, 0.1) is 0 Å². The van der Waals surface area contributed by atoms with Gasteiger partial charge in [-0.3, -0.25) is 4.79 Å². The van der Waals surface area contributed by atoms with Gasteiger partial charge in [-0.2, -0.15) is 0 Å². The van der Waals surface area contributed by atoms with E-state index in [4.69, 9.17) is 23.2 Å². The first-order valence-electron chi connectivity index (χ1n) is 6.69. The van der Waals surface area contributed by atoms with Gasteiger partial charge in [0.15, 0.2) is 0 Å². The van der Waals surface area contributed by atoms with Crippen LogP contribution in [0.4, 0.5) is 0 Å². The molecule has 0 bridgehead atoms. The van der Waals surface area contributed by atoms with Crippen molar-refractivity contribution in [2.24, 2.45) is 0 Å². The lowest BCUT2D eigenvalue weighted by Gasteiger charge is -2.29. The Kier molecular flexibility index (Phi) is 6.11. The molecule has 2 rings (SSSR count). The average Bonchev–Trinajstić information content (AvgIpc) is 2.75. The molecule has 20 heavy (non-hydrogen) atoms. The molecule has 0 unspecified atom stereocenters. The number of carbonyl (C=O) groups is 1. The Hall–Kier alpha value is -0.330. The molecule has 2 N–H and O–H groups in total. The minimum atomic E-state index is -0.174. The van der Waals surface area contributed by atoms with E-state index in [1.54, 1.807) is 6.07 Å². The highest BCUT2D eigenvalue weighted by molar-refractivity contribution is 7.20.